The third kappa shape index (κ3) is 6.27. The second-order valence-corrected chi connectivity index (χ2v) is 8.94. The van der Waals surface area contributed by atoms with Crippen molar-refractivity contribution >= 4 is 12.0 Å². The van der Waals surface area contributed by atoms with Gasteiger partial charge in [0.25, 0.3) is 5.91 Å². The van der Waals surface area contributed by atoms with Crippen LogP contribution in [0.25, 0.3) is 0 Å². The Hall–Kier alpha value is -3.57. The number of likely N-dealkylation sites (tertiary alicyclic amines) is 2. The lowest BCUT2D eigenvalue weighted by Gasteiger charge is -2.32. The van der Waals surface area contributed by atoms with E-state index in [1.165, 1.54) is 10.5 Å². The fourth-order valence-corrected chi connectivity index (χ4v) is 4.49. The molecule has 2 heterocycles. The predicted molar refractivity (Wildman–Crippen MR) is 127 cm³/mol. The SMILES string of the molecule is N#Cc1ccc(CN2CCC(Oc3ccc(C(=O)NC4CCN(C(=O)O)CC4)cc3)CC2)cc1. The molecule has 2 amide bonds. The Bertz CT molecular complexity index is 1020. The number of carboxylic acid groups (broad SMARTS) is 1. The van der Waals surface area contributed by atoms with Crippen LogP contribution in [0.2, 0.25) is 0 Å². The Balaban J connectivity index is 1.20. The van der Waals surface area contributed by atoms with Gasteiger partial charge in [-0.1, -0.05) is 12.1 Å². The summed E-state index contributed by atoms with van der Waals surface area (Å²) in [5.74, 6) is 0.619. The van der Waals surface area contributed by atoms with E-state index < -0.39 is 6.09 Å². The summed E-state index contributed by atoms with van der Waals surface area (Å²) in [5, 5.41) is 21.0. The maximum absolute atomic E-state index is 12.5. The summed E-state index contributed by atoms with van der Waals surface area (Å²) in [6.45, 7) is 3.66. The first kappa shape index (κ1) is 23.6. The molecule has 0 bridgehead atoms. The van der Waals surface area contributed by atoms with E-state index in [2.05, 4.69) is 16.3 Å². The minimum Gasteiger partial charge on any atom is -0.490 e. The highest BCUT2D eigenvalue weighted by molar-refractivity contribution is 5.94. The number of rotatable bonds is 6. The number of nitriles is 1. The third-order valence-electron chi connectivity index (χ3n) is 6.54. The van der Waals surface area contributed by atoms with Crippen molar-refractivity contribution in [2.24, 2.45) is 0 Å². The summed E-state index contributed by atoms with van der Waals surface area (Å²) in [6.07, 6.45) is 2.38. The number of benzene rings is 2. The minimum absolute atomic E-state index is 0.00603. The van der Waals surface area contributed by atoms with Gasteiger partial charge in [0.2, 0.25) is 0 Å². The van der Waals surface area contributed by atoms with E-state index in [0.29, 0.717) is 37.1 Å². The molecule has 2 saturated heterocycles. The topological polar surface area (TPSA) is 106 Å². The van der Waals surface area contributed by atoms with E-state index in [4.69, 9.17) is 15.1 Å². The zero-order valence-electron chi connectivity index (χ0n) is 19.2. The first-order chi connectivity index (χ1) is 16.5. The Morgan fingerprint density at radius 3 is 2.21 bits per heavy atom. The first-order valence-corrected chi connectivity index (χ1v) is 11.8. The first-order valence-electron chi connectivity index (χ1n) is 11.8. The number of ether oxygens (including phenoxy) is 1. The lowest BCUT2D eigenvalue weighted by molar-refractivity contribution is 0.0906. The average Bonchev–Trinajstić information content (AvgIpc) is 2.86. The fraction of sp³-hybridized carbons (Fsp3) is 0.423. The summed E-state index contributed by atoms with van der Waals surface area (Å²) in [5.41, 5.74) is 2.46. The monoisotopic (exact) mass is 462 g/mol. The van der Waals surface area contributed by atoms with Crippen LogP contribution >= 0.6 is 0 Å². The molecule has 178 valence electrons. The molecule has 2 aliphatic rings. The highest BCUT2D eigenvalue weighted by Crippen LogP contribution is 2.21. The number of piperidine rings is 2. The van der Waals surface area contributed by atoms with Crippen LogP contribution in [0.1, 0.15) is 47.2 Å². The van der Waals surface area contributed by atoms with Crippen LogP contribution in [0.4, 0.5) is 4.79 Å². The summed E-state index contributed by atoms with van der Waals surface area (Å²) >= 11 is 0. The highest BCUT2D eigenvalue weighted by Gasteiger charge is 2.24. The van der Waals surface area contributed by atoms with Crippen LogP contribution in [-0.2, 0) is 6.54 Å². The van der Waals surface area contributed by atoms with E-state index in [0.717, 1.165) is 38.2 Å². The van der Waals surface area contributed by atoms with E-state index in [9.17, 15) is 9.59 Å². The predicted octanol–water partition coefficient (Wildman–Crippen LogP) is 3.47. The molecule has 8 heteroatoms. The van der Waals surface area contributed by atoms with Crippen molar-refractivity contribution in [3.05, 3.63) is 65.2 Å². The third-order valence-corrected chi connectivity index (χ3v) is 6.54. The lowest BCUT2D eigenvalue weighted by Crippen LogP contribution is -2.46. The number of nitrogens with one attached hydrogen (secondary N) is 1. The second kappa shape index (κ2) is 11.0. The molecule has 0 aromatic heterocycles. The van der Waals surface area contributed by atoms with Gasteiger partial charge in [0.1, 0.15) is 11.9 Å². The number of nitrogens with zero attached hydrogens (tertiary/aromatic N) is 3. The van der Waals surface area contributed by atoms with Crippen LogP contribution in [0.3, 0.4) is 0 Å². The van der Waals surface area contributed by atoms with Crippen molar-refractivity contribution in [3.63, 3.8) is 0 Å². The van der Waals surface area contributed by atoms with E-state index in [-0.39, 0.29) is 18.1 Å². The molecule has 0 atom stereocenters. The van der Waals surface area contributed by atoms with E-state index >= 15 is 0 Å². The lowest BCUT2D eigenvalue weighted by atomic mass is 10.0. The van der Waals surface area contributed by atoms with Crippen molar-refractivity contribution in [1.29, 1.82) is 5.26 Å². The van der Waals surface area contributed by atoms with Crippen molar-refractivity contribution in [3.8, 4) is 11.8 Å². The second-order valence-electron chi connectivity index (χ2n) is 8.94. The molecule has 0 unspecified atom stereocenters. The van der Waals surface area contributed by atoms with Crippen LogP contribution < -0.4 is 10.1 Å². The maximum atomic E-state index is 12.5. The van der Waals surface area contributed by atoms with Gasteiger partial charge in [0.05, 0.1) is 11.6 Å². The van der Waals surface area contributed by atoms with Gasteiger partial charge in [-0.2, -0.15) is 5.26 Å². The molecule has 2 aromatic rings. The van der Waals surface area contributed by atoms with Crippen molar-refractivity contribution in [2.75, 3.05) is 26.2 Å². The molecule has 8 nitrogen and oxygen atoms in total. The Morgan fingerprint density at radius 2 is 1.62 bits per heavy atom. The molecule has 0 radical (unpaired) electrons. The highest BCUT2D eigenvalue weighted by atomic mass is 16.5. The van der Waals surface area contributed by atoms with Gasteiger partial charge in [-0.15, -0.1) is 0 Å². The molecular weight excluding hydrogens is 432 g/mol. The summed E-state index contributed by atoms with van der Waals surface area (Å²) < 4.78 is 6.15. The van der Waals surface area contributed by atoms with Gasteiger partial charge in [0, 0.05) is 44.3 Å². The zero-order chi connectivity index (χ0) is 23.9. The van der Waals surface area contributed by atoms with Gasteiger partial charge in [-0.05, 0) is 67.6 Å². The molecular formula is C26H30N4O4. The summed E-state index contributed by atoms with van der Waals surface area (Å²) in [4.78, 5) is 27.3. The van der Waals surface area contributed by atoms with Crippen molar-refractivity contribution < 1.29 is 19.4 Å². The number of carbonyl (C=O) groups excluding carboxylic acids is 1. The summed E-state index contributed by atoms with van der Waals surface area (Å²) in [7, 11) is 0. The number of carbonyl (C=O) groups is 2. The summed E-state index contributed by atoms with van der Waals surface area (Å²) in [6, 6.07) is 17.1. The zero-order valence-corrected chi connectivity index (χ0v) is 19.2. The van der Waals surface area contributed by atoms with E-state index in [1.807, 2.05) is 36.4 Å². The molecule has 2 N–H and O–H groups in total. The van der Waals surface area contributed by atoms with Crippen LogP contribution in [0, 0.1) is 11.3 Å². The van der Waals surface area contributed by atoms with Crippen molar-refractivity contribution in [1.82, 2.24) is 15.1 Å². The van der Waals surface area contributed by atoms with Gasteiger partial charge in [-0.3, -0.25) is 9.69 Å². The van der Waals surface area contributed by atoms with Crippen LogP contribution in [-0.4, -0.2) is 65.2 Å². The molecule has 4 rings (SSSR count). The quantitative estimate of drug-likeness (QED) is 0.681. The molecule has 2 aliphatic heterocycles. The smallest absolute Gasteiger partial charge is 0.407 e. The van der Waals surface area contributed by atoms with Crippen LogP contribution in [0.5, 0.6) is 5.75 Å². The standard InChI is InChI=1S/C26H30N4O4/c27-17-19-1-3-20(4-2-19)18-29-13-11-24(12-14-29)34-23-7-5-21(6-8-23)25(31)28-22-9-15-30(16-10-22)26(32)33/h1-8,22,24H,9-16,18H2,(H,28,31)(H,32,33). The largest absolute Gasteiger partial charge is 0.490 e. The maximum Gasteiger partial charge on any atom is 0.407 e. The Labute approximate surface area is 199 Å². The molecule has 2 aromatic carbocycles. The number of amides is 2. The molecule has 2 fully saturated rings. The van der Waals surface area contributed by atoms with Crippen molar-refractivity contribution in [2.45, 2.75) is 44.4 Å². The number of hydrogen-bond donors (Lipinski definition) is 2. The average molecular weight is 463 g/mol. The van der Waals surface area contributed by atoms with E-state index in [1.54, 1.807) is 12.1 Å². The molecule has 0 saturated carbocycles. The van der Waals surface area contributed by atoms with Gasteiger partial charge in [0.15, 0.2) is 0 Å². The minimum atomic E-state index is -0.905. The van der Waals surface area contributed by atoms with Gasteiger partial charge < -0.3 is 20.1 Å². The van der Waals surface area contributed by atoms with Gasteiger partial charge >= 0.3 is 6.09 Å². The molecule has 0 aliphatic carbocycles. The Morgan fingerprint density at radius 1 is 0.971 bits per heavy atom. The fourth-order valence-electron chi connectivity index (χ4n) is 4.49. The number of hydrogen-bond acceptors (Lipinski definition) is 5. The normalized spacial score (nSPS) is 17.7. The van der Waals surface area contributed by atoms with Crippen LogP contribution in [0.15, 0.2) is 48.5 Å². The van der Waals surface area contributed by atoms with Gasteiger partial charge in [-0.25, -0.2) is 4.79 Å². The Kier molecular flexibility index (Phi) is 7.65. The molecule has 0 spiro atoms. The molecule has 34 heavy (non-hydrogen) atoms.